The first kappa shape index (κ1) is 14.8. The van der Waals surface area contributed by atoms with Crippen LogP contribution in [0.4, 0.5) is 0 Å². The summed E-state index contributed by atoms with van der Waals surface area (Å²) in [5.74, 6) is 0. The molecule has 4 heterocycles. The van der Waals surface area contributed by atoms with Gasteiger partial charge in [0.1, 0.15) is 6.10 Å². The molecule has 4 rings (SSSR count). The summed E-state index contributed by atoms with van der Waals surface area (Å²) < 4.78 is 6.21. The van der Waals surface area contributed by atoms with E-state index >= 15 is 0 Å². The van der Waals surface area contributed by atoms with Crippen molar-refractivity contribution in [2.24, 2.45) is 0 Å². The van der Waals surface area contributed by atoms with Crippen LogP contribution in [0.2, 0.25) is 0 Å². The monoisotopic (exact) mass is 309 g/mol. The molecule has 2 unspecified atom stereocenters. The molecule has 2 fully saturated rings. The lowest BCUT2D eigenvalue weighted by Crippen LogP contribution is -2.60. The highest BCUT2D eigenvalue weighted by molar-refractivity contribution is 5.24. The van der Waals surface area contributed by atoms with Crippen molar-refractivity contribution in [3.05, 3.63) is 60.2 Å². The Bertz CT molecular complexity index is 630. The first-order chi connectivity index (χ1) is 11.4. The van der Waals surface area contributed by atoms with Crippen LogP contribution in [-0.4, -0.2) is 41.1 Å². The average Bonchev–Trinajstić information content (AvgIpc) is 3.18. The third-order valence-corrected chi connectivity index (χ3v) is 4.68. The summed E-state index contributed by atoms with van der Waals surface area (Å²) in [6, 6.07) is 12.0. The Kier molecular flexibility index (Phi) is 4.08. The van der Waals surface area contributed by atoms with E-state index in [2.05, 4.69) is 20.9 Å². The summed E-state index contributed by atoms with van der Waals surface area (Å²) in [5, 5.41) is 5.07. The predicted molar refractivity (Wildman–Crippen MR) is 86.7 cm³/mol. The van der Waals surface area contributed by atoms with E-state index in [9.17, 15) is 0 Å². The average molecular weight is 309 g/mol. The number of hydrogen-bond acceptors (Lipinski definition) is 4. The zero-order chi connectivity index (χ0) is 15.5. The number of morpholine rings is 1. The zero-order valence-electron chi connectivity index (χ0n) is 13.1. The second-order valence-corrected chi connectivity index (χ2v) is 6.02. The van der Waals surface area contributed by atoms with Gasteiger partial charge in [-0.3, -0.25) is 14.9 Å². The molecule has 2 aliphatic rings. The number of aromatic nitrogens is 2. The molecule has 0 N–H and O–H groups in total. The van der Waals surface area contributed by atoms with Crippen LogP contribution in [0.15, 0.2) is 48.8 Å². The summed E-state index contributed by atoms with van der Waals surface area (Å²) >= 11 is 0. The topological polar surface area (TPSA) is 52.4 Å². The summed E-state index contributed by atoms with van der Waals surface area (Å²) in [6.07, 6.45) is 5.83. The number of likely N-dealkylation sites (tertiary alicyclic amines) is 1. The third-order valence-electron chi connectivity index (χ3n) is 4.68. The molecule has 5 nitrogen and oxygen atoms in total. The van der Waals surface area contributed by atoms with Crippen molar-refractivity contribution in [1.82, 2.24) is 20.2 Å². The van der Waals surface area contributed by atoms with E-state index in [1.165, 1.54) is 12.8 Å². The van der Waals surface area contributed by atoms with E-state index in [1.54, 1.807) is 0 Å². The molecular weight excluding hydrogens is 288 g/mol. The fraction of sp³-hybridized carbons (Fsp3) is 0.444. The molecule has 23 heavy (non-hydrogen) atoms. The van der Waals surface area contributed by atoms with Crippen LogP contribution in [0.3, 0.4) is 0 Å². The Morgan fingerprint density at radius 3 is 2.48 bits per heavy atom. The number of nitrogens with zero attached hydrogens (tertiary/aromatic N) is 4. The van der Waals surface area contributed by atoms with Crippen LogP contribution in [-0.2, 0) is 10.4 Å². The third kappa shape index (κ3) is 2.55. The lowest BCUT2D eigenvalue weighted by Gasteiger charge is -2.48. The molecule has 0 aromatic carbocycles. The van der Waals surface area contributed by atoms with Gasteiger partial charge in [0, 0.05) is 32.0 Å². The fourth-order valence-corrected chi connectivity index (χ4v) is 3.69. The van der Waals surface area contributed by atoms with Crippen LogP contribution in [0.25, 0.3) is 0 Å². The predicted octanol–water partition coefficient (Wildman–Crippen LogP) is 2.10. The highest BCUT2D eigenvalue weighted by atomic mass is 16.5. The van der Waals surface area contributed by atoms with Crippen LogP contribution in [0.1, 0.15) is 30.3 Å². The highest BCUT2D eigenvalue weighted by Gasteiger charge is 2.52. The highest BCUT2D eigenvalue weighted by Crippen LogP contribution is 2.43. The first-order valence-corrected chi connectivity index (χ1v) is 8.29. The Balaban J connectivity index is 1.84. The van der Waals surface area contributed by atoms with E-state index in [4.69, 9.17) is 10.1 Å². The standard InChI is InChI=1S/C18H21N4O/c1-3-9-19-15(7-1)17-18(21-11-14-23-17,22-12-5-6-13-22)16-8-2-4-10-20-16/h1-4,7-10,17H,5-6,11-14H2. The maximum atomic E-state index is 6.21. The number of rotatable bonds is 3. The smallest absolute Gasteiger partial charge is 0.163 e. The van der Waals surface area contributed by atoms with E-state index in [1.807, 2.05) is 42.7 Å². The molecule has 0 bridgehead atoms. The maximum Gasteiger partial charge on any atom is 0.163 e. The van der Waals surface area contributed by atoms with E-state index in [0.717, 1.165) is 24.5 Å². The van der Waals surface area contributed by atoms with Gasteiger partial charge in [0.05, 0.1) is 18.0 Å². The van der Waals surface area contributed by atoms with Gasteiger partial charge in [-0.15, -0.1) is 0 Å². The van der Waals surface area contributed by atoms with Crippen molar-refractivity contribution in [1.29, 1.82) is 0 Å². The van der Waals surface area contributed by atoms with Crippen molar-refractivity contribution < 1.29 is 4.74 Å². The Labute approximate surface area is 136 Å². The van der Waals surface area contributed by atoms with E-state index in [-0.39, 0.29) is 6.10 Å². The van der Waals surface area contributed by atoms with E-state index < -0.39 is 5.66 Å². The van der Waals surface area contributed by atoms with Gasteiger partial charge in [-0.1, -0.05) is 12.1 Å². The van der Waals surface area contributed by atoms with Crippen molar-refractivity contribution in [3.8, 4) is 0 Å². The fourth-order valence-electron chi connectivity index (χ4n) is 3.69. The Morgan fingerprint density at radius 2 is 1.78 bits per heavy atom. The minimum Gasteiger partial charge on any atom is -0.367 e. The van der Waals surface area contributed by atoms with Crippen LogP contribution in [0, 0.1) is 0 Å². The summed E-state index contributed by atoms with van der Waals surface area (Å²) in [6.45, 7) is 3.36. The normalized spacial score (nSPS) is 28.8. The summed E-state index contributed by atoms with van der Waals surface area (Å²) in [7, 11) is 0. The van der Waals surface area contributed by atoms with Crippen LogP contribution >= 0.6 is 0 Å². The minimum atomic E-state index is -0.565. The van der Waals surface area contributed by atoms with Crippen LogP contribution in [0.5, 0.6) is 0 Å². The molecule has 5 heteroatoms. The zero-order valence-corrected chi connectivity index (χ0v) is 13.1. The molecule has 0 amide bonds. The molecule has 2 atom stereocenters. The molecular formula is C18H21N4O. The largest absolute Gasteiger partial charge is 0.367 e. The van der Waals surface area contributed by atoms with Crippen molar-refractivity contribution in [3.63, 3.8) is 0 Å². The summed E-state index contributed by atoms with van der Waals surface area (Å²) in [5.41, 5.74) is 1.32. The van der Waals surface area contributed by atoms with Gasteiger partial charge < -0.3 is 4.74 Å². The van der Waals surface area contributed by atoms with Gasteiger partial charge in [-0.05, 0) is 37.1 Å². The second-order valence-electron chi connectivity index (χ2n) is 6.02. The minimum absolute atomic E-state index is 0.217. The number of pyridine rings is 2. The Hall–Kier alpha value is -1.82. The SMILES string of the molecule is c1ccc(C2OCC[N]C2(c2ccccn2)N2CCCC2)nc1. The van der Waals surface area contributed by atoms with Crippen molar-refractivity contribution in [2.45, 2.75) is 24.6 Å². The molecule has 1 radical (unpaired) electrons. The van der Waals surface area contributed by atoms with Crippen LogP contribution < -0.4 is 5.32 Å². The number of ether oxygens (including phenoxy) is 1. The van der Waals surface area contributed by atoms with E-state index in [0.29, 0.717) is 13.2 Å². The second kappa shape index (κ2) is 6.35. The molecule has 0 aliphatic carbocycles. The maximum absolute atomic E-state index is 6.21. The number of hydrogen-bond donors (Lipinski definition) is 0. The molecule has 2 aromatic rings. The lowest BCUT2D eigenvalue weighted by molar-refractivity contribution is -0.131. The van der Waals surface area contributed by atoms with Gasteiger partial charge in [0.15, 0.2) is 5.66 Å². The summed E-state index contributed by atoms with van der Waals surface area (Å²) in [4.78, 5) is 11.6. The molecule has 119 valence electrons. The van der Waals surface area contributed by atoms with Crippen molar-refractivity contribution in [2.75, 3.05) is 26.2 Å². The molecule has 2 aliphatic heterocycles. The quantitative estimate of drug-likeness (QED) is 0.871. The van der Waals surface area contributed by atoms with Gasteiger partial charge in [-0.25, -0.2) is 5.32 Å². The van der Waals surface area contributed by atoms with Gasteiger partial charge in [-0.2, -0.15) is 0 Å². The Morgan fingerprint density at radius 1 is 1.00 bits per heavy atom. The molecule has 0 spiro atoms. The first-order valence-electron chi connectivity index (χ1n) is 8.29. The van der Waals surface area contributed by atoms with Crippen molar-refractivity contribution >= 4 is 0 Å². The molecule has 0 saturated carbocycles. The molecule has 2 aromatic heterocycles. The lowest BCUT2D eigenvalue weighted by atomic mass is 9.91. The van der Waals surface area contributed by atoms with Gasteiger partial charge in [0.25, 0.3) is 0 Å². The van der Waals surface area contributed by atoms with Gasteiger partial charge in [0.2, 0.25) is 0 Å². The van der Waals surface area contributed by atoms with Gasteiger partial charge >= 0.3 is 0 Å². The molecule has 2 saturated heterocycles.